The number of aliphatic carboxylic acids is 1. The minimum Gasteiger partial charge on any atom is -0.472 e. The van der Waals surface area contributed by atoms with Crippen molar-refractivity contribution in [2.24, 2.45) is 0 Å². The Morgan fingerprint density at radius 3 is 2.85 bits per heavy atom. The summed E-state index contributed by atoms with van der Waals surface area (Å²) in [6.07, 6.45) is 0.615. The van der Waals surface area contributed by atoms with Crippen molar-refractivity contribution in [1.82, 2.24) is 4.98 Å². The first kappa shape index (κ1) is 9.42. The Labute approximate surface area is 78.2 Å². The Kier molecular flexibility index (Phi) is 2.77. The van der Waals surface area contributed by atoms with E-state index in [2.05, 4.69) is 10.9 Å². The Bertz CT molecular complexity index is 411. The highest BCUT2D eigenvalue weighted by molar-refractivity contribution is 7.13. The summed E-state index contributed by atoms with van der Waals surface area (Å²) in [5.74, 6) is 3.18. The zero-order chi connectivity index (χ0) is 9.84. The van der Waals surface area contributed by atoms with E-state index in [0.717, 1.165) is 11.3 Å². The highest BCUT2D eigenvalue weighted by atomic mass is 32.1. The molecule has 0 fully saturated rings. The van der Waals surface area contributed by atoms with Crippen LogP contribution in [0.5, 0.6) is 0 Å². The SMILES string of the molecule is Cc1nc(C=O)sc1C#CC(=O)O. The van der Waals surface area contributed by atoms with Gasteiger partial charge in [-0.3, -0.25) is 4.79 Å². The van der Waals surface area contributed by atoms with E-state index in [1.807, 2.05) is 5.92 Å². The fourth-order valence-electron chi connectivity index (χ4n) is 0.694. The second-order valence-electron chi connectivity index (χ2n) is 2.14. The predicted octanol–water partition coefficient (Wildman–Crippen LogP) is 0.700. The molecule has 1 rings (SSSR count). The van der Waals surface area contributed by atoms with Crippen LogP contribution in [0, 0.1) is 18.8 Å². The molecule has 0 amide bonds. The lowest BCUT2D eigenvalue weighted by atomic mass is 10.4. The van der Waals surface area contributed by atoms with Crippen molar-refractivity contribution in [3.05, 3.63) is 15.6 Å². The summed E-state index contributed by atoms with van der Waals surface area (Å²) in [4.78, 5) is 24.8. The van der Waals surface area contributed by atoms with Gasteiger partial charge in [0.15, 0.2) is 11.3 Å². The van der Waals surface area contributed by atoms with Gasteiger partial charge < -0.3 is 5.11 Å². The molecule has 1 aromatic heterocycles. The van der Waals surface area contributed by atoms with Crippen molar-refractivity contribution in [2.45, 2.75) is 6.92 Å². The molecule has 13 heavy (non-hydrogen) atoms. The molecule has 0 aromatic carbocycles. The van der Waals surface area contributed by atoms with Gasteiger partial charge in [-0.15, -0.1) is 11.3 Å². The molecule has 0 saturated heterocycles. The van der Waals surface area contributed by atoms with Crippen molar-refractivity contribution in [1.29, 1.82) is 0 Å². The number of thiazole rings is 1. The maximum absolute atomic E-state index is 10.3. The molecule has 0 saturated carbocycles. The van der Waals surface area contributed by atoms with Crippen LogP contribution in [0.15, 0.2) is 0 Å². The lowest BCUT2D eigenvalue weighted by molar-refractivity contribution is -0.130. The maximum Gasteiger partial charge on any atom is 0.382 e. The summed E-state index contributed by atoms with van der Waals surface area (Å²) in [7, 11) is 0. The number of carboxylic acids is 1. The summed E-state index contributed by atoms with van der Waals surface area (Å²) < 4.78 is 0. The van der Waals surface area contributed by atoms with Crippen molar-refractivity contribution in [3.63, 3.8) is 0 Å². The molecule has 4 nitrogen and oxygen atoms in total. The first-order chi connectivity index (χ1) is 6.13. The number of aldehydes is 1. The van der Waals surface area contributed by atoms with Gasteiger partial charge in [0, 0.05) is 5.92 Å². The van der Waals surface area contributed by atoms with Crippen LogP contribution < -0.4 is 0 Å². The van der Waals surface area contributed by atoms with Gasteiger partial charge in [-0.2, -0.15) is 0 Å². The third-order valence-electron chi connectivity index (χ3n) is 1.20. The normalized spacial score (nSPS) is 8.69. The lowest BCUT2D eigenvalue weighted by Gasteiger charge is -1.79. The molecular formula is C8H5NO3S. The molecule has 0 atom stereocenters. The molecular weight excluding hydrogens is 190 g/mol. The standard InChI is InChI=1S/C8H5NO3S/c1-5-6(2-3-8(11)12)13-7(4-10)9-5/h4H,1H3,(H,11,12). The molecule has 0 bridgehead atoms. The second-order valence-corrected chi connectivity index (χ2v) is 3.17. The first-order valence-corrected chi connectivity index (χ1v) is 4.12. The van der Waals surface area contributed by atoms with Crippen molar-refractivity contribution in [2.75, 3.05) is 0 Å². The third-order valence-corrected chi connectivity index (χ3v) is 2.20. The Hall–Kier alpha value is -1.67. The van der Waals surface area contributed by atoms with Crippen LogP contribution in [0.1, 0.15) is 20.4 Å². The van der Waals surface area contributed by atoms with Crippen molar-refractivity contribution in [3.8, 4) is 11.8 Å². The highest BCUT2D eigenvalue weighted by Crippen LogP contribution is 2.14. The van der Waals surface area contributed by atoms with E-state index in [9.17, 15) is 9.59 Å². The average molecular weight is 195 g/mol. The fourth-order valence-corrected chi connectivity index (χ4v) is 1.43. The van der Waals surface area contributed by atoms with Crippen molar-refractivity contribution < 1.29 is 14.7 Å². The molecule has 1 heterocycles. The third kappa shape index (κ3) is 2.39. The van der Waals surface area contributed by atoms with E-state index in [-0.39, 0.29) is 0 Å². The topological polar surface area (TPSA) is 67.3 Å². The average Bonchev–Trinajstić information content (AvgIpc) is 2.43. The van der Waals surface area contributed by atoms with E-state index < -0.39 is 5.97 Å². The number of carbonyl (C=O) groups is 2. The molecule has 1 aromatic rings. The molecule has 0 aliphatic rings. The quantitative estimate of drug-likeness (QED) is 0.529. The van der Waals surface area contributed by atoms with Crippen LogP contribution in [-0.2, 0) is 4.79 Å². The smallest absolute Gasteiger partial charge is 0.382 e. The van der Waals surface area contributed by atoms with E-state index in [4.69, 9.17) is 5.11 Å². The van der Waals surface area contributed by atoms with Gasteiger partial charge in [0.2, 0.25) is 0 Å². The van der Waals surface area contributed by atoms with E-state index in [1.54, 1.807) is 6.92 Å². The van der Waals surface area contributed by atoms with Gasteiger partial charge in [-0.05, 0) is 12.8 Å². The first-order valence-electron chi connectivity index (χ1n) is 3.31. The molecule has 66 valence electrons. The Morgan fingerprint density at radius 2 is 2.38 bits per heavy atom. The van der Waals surface area contributed by atoms with Gasteiger partial charge >= 0.3 is 5.97 Å². The molecule has 5 heteroatoms. The summed E-state index contributed by atoms with van der Waals surface area (Å²) in [5.41, 5.74) is 0.584. The molecule has 0 radical (unpaired) electrons. The van der Waals surface area contributed by atoms with Crippen LogP contribution in [0.4, 0.5) is 0 Å². The molecule has 0 spiro atoms. The minimum absolute atomic E-state index is 0.312. The molecule has 0 aliphatic heterocycles. The number of aromatic nitrogens is 1. The summed E-state index contributed by atoms with van der Waals surface area (Å²) in [5, 5.41) is 8.58. The largest absolute Gasteiger partial charge is 0.472 e. The molecule has 0 aliphatic carbocycles. The molecule has 1 N–H and O–H groups in total. The summed E-state index contributed by atoms with van der Waals surface area (Å²) in [6, 6.07) is 0. The number of hydrogen-bond acceptors (Lipinski definition) is 4. The van der Waals surface area contributed by atoms with Crippen molar-refractivity contribution >= 4 is 23.6 Å². The van der Waals surface area contributed by atoms with E-state index in [1.165, 1.54) is 0 Å². The predicted molar refractivity (Wildman–Crippen MR) is 46.8 cm³/mol. The number of aryl methyl sites for hydroxylation is 1. The summed E-state index contributed by atoms with van der Waals surface area (Å²) in [6.45, 7) is 1.68. The monoisotopic (exact) mass is 195 g/mol. The summed E-state index contributed by atoms with van der Waals surface area (Å²) >= 11 is 1.09. The number of carboxylic acid groups (broad SMARTS) is 1. The lowest BCUT2D eigenvalue weighted by Crippen LogP contribution is -1.86. The highest BCUT2D eigenvalue weighted by Gasteiger charge is 2.03. The number of rotatable bonds is 1. The van der Waals surface area contributed by atoms with Gasteiger partial charge in [-0.25, -0.2) is 9.78 Å². The van der Waals surface area contributed by atoms with Crippen LogP contribution in [0.25, 0.3) is 0 Å². The zero-order valence-electron chi connectivity index (χ0n) is 6.70. The van der Waals surface area contributed by atoms with Gasteiger partial charge in [-0.1, -0.05) is 0 Å². The van der Waals surface area contributed by atoms with Crippen LogP contribution in [0.2, 0.25) is 0 Å². The molecule has 0 unspecified atom stereocenters. The van der Waals surface area contributed by atoms with Gasteiger partial charge in [0.05, 0.1) is 5.69 Å². The number of carbonyl (C=O) groups excluding carboxylic acids is 1. The number of nitrogens with zero attached hydrogens (tertiary/aromatic N) is 1. The maximum atomic E-state index is 10.3. The van der Waals surface area contributed by atoms with Crippen LogP contribution >= 0.6 is 11.3 Å². The Balaban J connectivity index is 3.03. The van der Waals surface area contributed by atoms with Gasteiger partial charge in [0.1, 0.15) is 4.88 Å². The fraction of sp³-hybridized carbons (Fsp3) is 0.125. The van der Waals surface area contributed by atoms with Crippen LogP contribution in [0.3, 0.4) is 0 Å². The van der Waals surface area contributed by atoms with Crippen LogP contribution in [-0.4, -0.2) is 22.3 Å². The number of hydrogen-bond donors (Lipinski definition) is 1. The zero-order valence-corrected chi connectivity index (χ0v) is 7.51. The van der Waals surface area contributed by atoms with E-state index in [0.29, 0.717) is 21.9 Å². The second kappa shape index (κ2) is 3.83. The Morgan fingerprint density at radius 1 is 1.69 bits per heavy atom. The minimum atomic E-state index is -1.19. The van der Waals surface area contributed by atoms with Gasteiger partial charge in [0.25, 0.3) is 0 Å². The van der Waals surface area contributed by atoms with E-state index >= 15 is 0 Å².